The van der Waals surface area contributed by atoms with Gasteiger partial charge in [0.2, 0.25) is 0 Å². The highest BCUT2D eigenvalue weighted by atomic mass is 32.1. The van der Waals surface area contributed by atoms with Gasteiger partial charge in [0.1, 0.15) is 11.1 Å². The van der Waals surface area contributed by atoms with E-state index in [4.69, 9.17) is 4.74 Å². The summed E-state index contributed by atoms with van der Waals surface area (Å²) < 4.78 is 5.34. The van der Waals surface area contributed by atoms with Gasteiger partial charge in [0, 0.05) is 4.88 Å². The van der Waals surface area contributed by atoms with Crippen molar-refractivity contribution in [3.05, 3.63) is 88.1 Å². The summed E-state index contributed by atoms with van der Waals surface area (Å²) in [6.07, 6.45) is 2.84. The van der Waals surface area contributed by atoms with E-state index < -0.39 is 18.0 Å². The largest absolute Gasteiger partial charge is 0.448 e. The van der Waals surface area contributed by atoms with Gasteiger partial charge in [-0.2, -0.15) is 5.26 Å². The molecule has 0 bridgehead atoms. The van der Waals surface area contributed by atoms with Crippen molar-refractivity contribution >= 4 is 39.2 Å². The van der Waals surface area contributed by atoms with Crippen LogP contribution in [-0.2, 0) is 22.4 Å². The lowest BCUT2D eigenvalue weighted by Gasteiger charge is -2.22. The van der Waals surface area contributed by atoms with Gasteiger partial charge in [0.05, 0.1) is 22.8 Å². The fourth-order valence-electron chi connectivity index (χ4n) is 4.35. The molecule has 174 valence electrons. The number of fused-ring (bicyclic) bond motifs is 2. The van der Waals surface area contributed by atoms with Gasteiger partial charge in [0.15, 0.2) is 11.8 Å². The lowest BCUT2D eigenvalue weighted by atomic mass is 9.83. The summed E-state index contributed by atoms with van der Waals surface area (Å²) in [5, 5.41) is 13.1. The molecule has 2 heterocycles. The minimum absolute atomic E-state index is 0.0274. The number of rotatable bonds is 5. The number of carbonyl (C=O) groups excluding carboxylic acids is 2. The molecule has 1 amide bonds. The SMILES string of the molecule is CC(OC(=O)c1cnc2ccccc2n1)C(=O)Nc1sc2c(c1C#N)CCC(c1ccccc1)C2. The number of aromatic nitrogens is 2. The minimum Gasteiger partial charge on any atom is -0.448 e. The van der Waals surface area contributed by atoms with E-state index in [1.54, 1.807) is 18.2 Å². The molecule has 2 unspecified atom stereocenters. The fourth-order valence-corrected chi connectivity index (χ4v) is 5.63. The molecule has 0 saturated heterocycles. The Bertz CT molecular complexity index is 1460. The van der Waals surface area contributed by atoms with E-state index >= 15 is 0 Å². The zero-order chi connectivity index (χ0) is 24.4. The average molecular weight is 483 g/mol. The van der Waals surface area contributed by atoms with Crippen LogP contribution in [0.2, 0.25) is 0 Å². The maximum Gasteiger partial charge on any atom is 0.359 e. The molecule has 0 saturated carbocycles. The van der Waals surface area contributed by atoms with E-state index in [1.165, 1.54) is 30.0 Å². The molecule has 1 N–H and O–H groups in total. The van der Waals surface area contributed by atoms with Crippen molar-refractivity contribution in [1.29, 1.82) is 5.26 Å². The van der Waals surface area contributed by atoms with Crippen LogP contribution in [0.1, 0.15) is 51.3 Å². The molecule has 0 fully saturated rings. The van der Waals surface area contributed by atoms with Crippen LogP contribution in [-0.4, -0.2) is 27.9 Å². The summed E-state index contributed by atoms with van der Waals surface area (Å²) in [4.78, 5) is 35.0. The van der Waals surface area contributed by atoms with Crippen LogP contribution in [0.3, 0.4) is 0 Å². The summed E-state index contributed by atoms with van der Waals surface area (Å²) in [5.41, 5.74) is 4.05. The van der Waals surface area contributed by atoms with Gasteiger partial charge in [-0.25, -0.2) is 9.78 Å². The molecule has 0 radical (unpaired) electrons. The van der Waals surface area contributed by atoms with Gasteiger partial charge in [0.25, 0.3) is 5.91 Å². The van der Waals surface area contributed by atoms with Crippen molar-refractivity contribution in [2.24, 2.45) is 0 Å². The van der Waals surface area contributed by atoms with E-state index in [1.807, 2.05) is 24.3 Å². The van der Waals surface area contributed by atoms with Crippen LogP contribution in [0.15, 0.2) is 60.8 Å². The van der Waals surface area contributed by atoms with Gasteiger partial charge in [-0.05, 0) is 55.4 Å². The van der Waals surface area contributed by atoms with Gasteiger partial charge in [-0.15, -0.1) is 11.3 Å². The highest BCUT2D eigenvalue weighted by molar-refractivity contribution is 7.16. The van der Waals surface area contributed by atoms with Crippen molar-refractivity contribution in [2.75, 3.05) is 5.32 Å². The lowest BCUT2D eigenvalue weighted by Crippen LogP contribution is -2.30. The molecular formula is C27H22N4O3S. The van der Waals surface area contributed by atoms with Crippen molar-refractivity contribution in [3.8, 4) is 6.07 Å². The second-order valence-corrected chi connectivity index (χ2v) is 9.56. The molecule has 0 spiro atoms. The summed E-state index contributed by atoms with van der Waals surface area (Å²) in [6, 6.07) is 19.8. The van der Waals surface area contributed by atoms with E-state index in [9.17, 15) is 14.9 Å². The number of nitriles is 1. The van der Waals surface area contributed by atoms with Crippen molar-refractivity contribution < 1.29 is 14.3 Å². The lowest BCUT2D eigenvalue weighted by molar-refractivity contribution is -0.123. The number of para-hydroxylation sites is 2. The molecular weight excluding hydrogens is 460 g/mol. The van der Waals surface area contributed by atoms with Crippen molar-refractivity contribution in [1.82, 2.24) is 9.97 Å². The number of carbonyl (C=O) groups is 2. The third-order valence-electron chi connectivity index (χ3n) is 6.20. The molecule has 5 rings (SSSR count). The van der Waals surface area contributed by atoms with Gasteiger partial charge in [-0.3, -0.25) is 9.78 Å². The summed E-state index contributed by atoms with van der Waals surface area (Å²) >= 11 is 1.43. The molecule has 35 heavy (non-hydrogen) atoms. The highest BCUT2D eigenvalue weighted by Gasteiger charge is 2.28. The van der Waals surface area contributed by atoms with E-state index in [0.717, 1.165) is 29.7 Å². The maximum atomic E-state index is 12.8. The Balaban J connectivity index is 1.28. The van der Waals surface area contributed by atoms with Crippen LogP contribution >= 0.6 is 11.3 Å². The summed E-state index contributed by atoms with van der Waals surface area (Å²) in [6.45, 7) is 1.49. The van der Waals surface area contributed by atoms with E-state index in [0.29, 0.717) is 27.5 Å². The first-order valence-corrected chi connectivity index (χ1v) is 12.2. The number of hydrogen-bond acceptors (Lipinski definition) is 7. The van der Waals surface area contributed by atoms with Crippen LogP contribution < -0.4 is 5.32 Å². The second-order valence-electron chi connectivity index (χ2n) is 8.45. The molecule has 8 heteroatoms. The minimum atomic E-state index is -1.07. The summed E-state index contributed by atoms with van der Waals surface area (Å²) in [7, 11) is 0. The zero-order valence-corrected chi connectivity index (χ0v) is 19.8. The monoisotopic (exact) mass is 482 g/mol. The third-order valence-corrected chi connectivity index (χ3v) is 7.37. The molecule has 0 aliphatic heterocycles. The number of thiophene rings is 1. The molecule has 4 aromatic rings. The van der Waals surface area contributed by atoms with Crippen LogP contribution in [0, 0.1) is 11.3 Å². The Morgan fingerprint density at radius 2 is 1.89 bits per heavy atom. The first-order chi connectivity index (χ1) is 17.0. The number of nitrogens with zero attached hydrogens (tertiary/aromatic N) is 3. The standard InChI is InChI=1S/C27H22N4O3S/c1-16(34-27(33)23-15-29-21-9-5-6-10-22(21)30-23)25(32)31-26-20(14-28)19-12-11-18(13-24(19)35-26)17-7-3-2-4-8-17/h2-10,15-16,18H,11-13H2,1H3,(H,31,32). The summed E-state index contributed by atoms with van der Waals surface area (Å²) in [5.74, 6) is -0.843. The number of benzene rings is 2. The quantitative estimate of drug-likeness (QED) is 0.401. The Labute approximate surface area is 206 Å². The number of esters is 1. The van der Waals surface area contributed by atoms with Crippen LogP contribution in [0.4, 0.5) is 5.00 Å². The topological polar surface area (TPSA) is 105 Å². The number of hydrogen-bond donors (Lipinski definition) is 1. The van der Waals surface area contributed by atoms with Gasteiger partial charge < -0.3 is 10.1 Å². The molecule has 1 aliphatic carbocycles. The first kappa shape index (κ1) is 22.7. The van der Waals surface area contributed by atoms with E-state index in [2.05, 4.69) is 33.5 Å². The van der Waals surface area contributed by atoms with Gasteiger partial charge in [-0.1, -0.05) is 42.5 Å². The molecule has 2 aromatic heterocycles. The smallest absolute Gasteiger partial charge is 0.359 e. The predicted molar refractivity (Wildman–Crippen MR) is 133 cm³/mol. The molecule has 1 aliphatic rings. The normalized spacial score (nSPS) is 15.6. The van der Waals surface area contributed by atoms with Crippen molar-refractivity contribution in [2.45, 2.75) is 38.2 Å². The average Bonchev–Trinajstić information content (AvgIpc) is 3.24. The van der Waals surface area contributed by atoms with Gasteiger partial charge >= 0.3 is 5.97 Å². The molecule has 7 nitrogen and oxygen atoms in total. The van der Waals surface area contributed by atoms with Crippen LogP contribution in [0.25, 0.3) is 11.0 Å². The molecule has 2 aromatic carbocycles. The maximum absolute atomic E-state index is 12.8. The third kappa shape index (κ3) is 4.63. The van der Waals surface area contributed by atoms with Crippen molar-refractivity contribution in [3.63, 3.8) is 0 Å². The number of nitrogens with one attached hydrogen (secondary N) is 1. The van der Waals surface area contributed by atoms with Crippen LogP contribution in [0.5, 0.6) is 0 Å². The number of ether oxygens (including phenoxy) is 1. The van der Waals surface area contributed by atoms with E-state index in [-0.39, 0.29) is 5.69 Å². The second kappa shape index (κ2) is 9.65. The fraction of sp³-hybridized carbons (Fsp3) is 0.222. The Kier molecular flexibility index (Phi) is 6.25. The zero-order valence-electron chi connectivity index (χ0n) is 19.0. The number of amides is 1. The molecule has 2 atom stereocenters. The highest BCUT2D eigenvalue weighted by Crippen LogP contribution is 2.42. The Morgan fingerprint density at radius 3 is 2.66 bits per heavy atom. The first-order valence-electron chi connectivity index (χ1n) is 11.4. The Morgan fingerprint density at radius 1 is 1.14 bits per heavy atom. The number of anilines is 1. The Hall–Kier alpha value is -4.09. The predicted octanol–water partition coefficient (Wildman–Crippen LogP) is 5.02.